The van der Waals surface area contributed by atoms with E-state index in [4.69, 9.17) is 0 Å². The van der Waals surface area contributed by atoms with Crippen molar-refractivity contribution in [3.05, 3.63) is 30.1 Å². The van der Waals surface area contributed by atoms with Crippen LogP contribution in [-0.4, -0.2) is 33.0 Å². The van der Waals surface area contributed by atoms with Gasteiger partial charge in [0.1, 0.15) is 0 Å². The summed E-state index contributed by atoms with van der Waals surface area (Å²) in [6.45, 7) is 5.91. The van der Waals surface area contributed by atoms with Crippen molar-refractivity contribution in [2.75, 3.05) is 0 Å². The summed E-state index contributed by atoms with van der Waals surface area (Å²) in [4.78, 5) is 18.8. The quantitative estimate of drug-likeness (QED) is 0.863. The first-order valence-electron chi connectivity index (χ1n) is 7.77. The molecule has 2 atom stereocenters. The second-order valence-corrected chi connectivity index (χ2v) is 7.53. The lowest BCUT2D eigenvalue weighted by Crippen LogP contribution is -2.54. The molecule has 1 amide bonds. The van der Waals surface area contributed by atoms with Gasteiger partial charge in [-0.15, -0.1) is 0 Å². The summed E-state index contributed by atoms with van der Waals surface area (Å²) >= 11 is 0. The molecule has 0 spiro atoms. The summed E-state index contributed by atoms with van der Waals surface area (Å²) in [6.07, 6.45) is 6.71. The van der Waals surface area contributed by atoms with Crippen molar-refractivity contribution in [2.45, 2.75) is 64.1 Å². The number of pyridine rings is 1. The van der Waals surface area contributed by atoms with E-state index in [-0.39, 0.29) is 23.4 Å². The van der Waals surface area contributed by atoms with Gasteiger partial charge in [-0.1, -0.05) is 26.8 Å². The van der Waals surface area contributed by atoms with Crippen molar-refractivity contribution in [3.8, 4) is 0 Å². The van der Waals surface area contributed by atoms with E-state index in [2.05, 4.69) is 4.98 Å². The van der Waals surface area contributed by atoms with E-state index >= 15 is 0 Å². The van der Waals surface area contributed by atoms with E-state index in [1.54, 1.807) is 12.4 Å². The first-order valence-corrected chi connectivity index (χ1v) is 7.77. The van der Waals surface area contributed by atoms with Gasteiger partial charge in [-0.05, 0) is 18.9 Å². The van der Waals surface area contributed by atoms with Crippen molar-refractivity contribution in [1.29, 1.82) is 0 Å². The summed E-state index contributed by atoms with van der Waals surface area (Å²) in [6, 6.07) is 4.11. The summed E-state index contributed by atoms with van der Waals surface area (Å²) in [5.74, 6) is 0.211. The van der Waals surface area contributed by atoms with Crippen LogP contribution in [0.2, 0.25) is 0 Å². The highest BCUT2D eigenvalue weighted by atomic mass is 16.3. The van der Waals surface area contributed by atoms with Gasteiger partial charge in [0.25, 0.3) is 0 Å². The molecule has 1 aromatic rings. The summed E-state index contributed by atoms with van der Waals surface area (Å²) in [5, 5.41) is 11.0. The number of amides is 1. The Kier molecular flexibility index (Phi) is 3.32. The molecule has 1 N–H and O–H groups in total. The Bertz CT molecular complexity index is 521. The Morgan fingerprint density at radius 2 is 1.95 bits per heavy atom. The molecule has 0 aromatic carbocycles. The van der Waals surface area contributed by atoms with E-state index < -0.39 is 5.60 Å². The molecule has 2 unspecified atom stereocenters. The number of aliphatic hydroxyl groups is 1. The van der Waals surface area contributed by atoms with E-state index in [1.807, 2.05) is 37.8 Å². The molecule has 114 valence electrons. The monoisotopic (exact) mass is 288 g/mol. The highest BCUT2D eigenvalue weighted by molar-refractivity contribution is 5.82. The number of hydrogen-bond acceptors (Lipinski definition) is 3. The molecule has 2 saturated heterocycles. The SMILES string of the molecule is CC(C)(C)C(=O)N1C2CCC1CC(O)(c1cccnc1)C2. The normalized spacial score (nSPS) is 32.3. The fourth-order valence-corrected chi connectivity index (χ4v) is 3.82. The van der Waals surface area contributed by atoms with Crippen LogP contribution in [0.4, 0.5) is 0 Å². The van der Waals surface area contributed by atoms with E-state index in [1.165, 1.54) is 0 Å². The maximum Gasteiger partial charge on any atom is 0.228 e. The number of aromatic nitrogens is 1. The van der Waals surface area contributed by atoms with Crippen LogP contribution < -0.4 is 0 Å². The zero-order valence-corrected chi connectivity index (χ0v) is 13.0. The van der Waals surface area contributed by atoms with Crippen LogP contribution in [0.3, 0.4) is 0 Å². The molecule has 2 aliphatic heterocycles. The standard InChI is InChI=1S/C17H24N2O2/c1-16(2,3)15(20)19-13-6-7-14(19)10-17(21,9-13)12-5-4-8-18-11-12/h4-5,8,11,13-14,21H,6-7,9-10H2,1-3H3. The maximum absolute atomic E-state index is 12.7. The number of hydrogen-bond donors (Lipinski definition) is 1. The number of rotatable bonds is 1. The number of fused-ring (bicyclic) bond motifs is 2. The van der Waals surface area contributed by atoms with Gasteiger partial charge in [-0.25, -0.2) is 0 Å². The average Bonchev–Trinajstić information content (AvgIpc) is 2.70. The maximum atomic E-state index is 12.7. The Balaban J connectivity index is 1.86. The van der Waals surface area contributed by atoms with Crippen molar-refractivity contribution in [2.24, 2.45) is 5.41 Å². The minimum atomic E-state index is -0.839. The summed E-state index contributed by atoms with van der Waals surface area (Å²) < 4.78 is 0. The van der Waals surface area contributed by atoms with Crippen molar-refractivity contribution >= 4 is 5.91 Å². The van der Waals surface area contributed by atoms with E-state index in [0.717, 1.165) is 18.4 Å². The van der Waals surface area contributed by atoms with Gasteiger partial charge < -0.3 is 10.0 Å². The van der Waals surface area contributed by atoms with Gasteiger partial charge in [0.15, 0.2) is 0 Å². The molecule has 3 heterocycles. The largest absolute Gasteiger partial charge is 0.385 e. The molecule has 3 rings (SSSR count). The molecule has 1 aromatic heterocycles. The third kappa shape index (κ3) is 2.46. The number of nitrogens with zero attached hydrogens (tertiary/aromatic N) is 2. The number of carbonyl (C=O) groups excluding carboxylic acids is 1. The van der Waals surface area contributed by atoms with Crippen LogP contribution >= 0.6 is 0 Å². The second-order valence-electron chi connectivity index (χ2n) is 7.53. The first-order chi connectivity index (χ1) is 9.81. The molecule has 4 heteroatoms. The van der Waals surface area contributed by atoms with E-state index in [9.17, 15) is 9.90 Å². The summed E-state index contributed by atoms with van der Waals surface area (Å²) in [5.41, 5.74) is -0.316. The lowest BCUT2D eigenvalue weighted by Gasteiger charge is -2.45. The Labute approximate surface area is 126 Å². The van der Waals surface area contributed by atoms with Crippen molar-refractivity contribution in [1.82, 2.24) is 9.88 Å². The topological polar surface area (TPSA) is 53.4 Å². The van der Waals surface area contributed by atoms with Gasteiger partial charge in [0.05, 0.1) is 5.60 Å². The van der Waals surface area contributed by atoms with Crippen LogP contribution in [0.25, 0.3) is 0 Å². The van der Waals surface area contributed by atoms with Crippen LogP contribution in [0, 0.1) is 5.41 Å². The Hall–Kier alpha value is -1.42. The Morgan fingerprint density at radius 3 is 2.43 bits per heavy atom. The van der Waals surface area contributed by atoms with Crippen molar-refractivity contribution in [3.63, 3.8) is 0 Å². The molecule has 4 nitrogen and oxygen atoms in total. The predicted molar refractivity (Wildman–Crippen MR) is 80.5 cm³/mol. The second kappa shape index (κ2) is 4.80. The van der Waals surface area contributed by atoms with Crippen LogP contribution in [-0.2, 0) is 10.4 Å². The zero-order chi connectivity index (χ0) is 15.3. The van der Waals surface area contributed by atoms with Crippen LogP contribution in [0.15, 0.2) is 24.5 Å². The lowest BCUT2D eigenvalue weighted by molar-refractivity contribution is -0.150. The molecular formula is C17H24N2O2. The third-order valence-electron chi connectivity index (χ3n) is 4.84. The minimum Gasteiger partial charge on any atom is -0.385 e. The minimum absolute atomic E-state index is 0.153. The van der Waals surface area contributed by atoms with Gasteiger partial charge in [-0.3, -0.25) is 9.78 Å². The molecular weight excluding hydrogens is 264 g/mol. The zero-order valence-electron chi connectivity index (χ0n) is 13.0. The summed E-state index contributed by atoms with van der Waals surface area (Å²) in [7, 11) is 0. The molecule has 0 radical (unpaired) electrons. The third-order valence-corrected chi connectivity index (χ3v) is 4.84. The number of carbonyl (C=O) groups is 1. The fraction of sp³-hybridized carbons (Fsp3) is 0.647. The highest BCUT2D eigenvalue weighted by Crippen LogP contribution is 2.46. The van der Waals surface area contributed by atoms with Crippen LogP contribution in [0.5, 0.6) is 0 Å². The number of piperidine rings is 1. The molecule has 2 fully saturated rings. The highest BCUT2D eigenvalue weighted by Gasteiger charge is 2.51. The molecule has 2 aliphatic rings. The average molecular weight is 288 g/mol. The fourth-order valence-electron chi connectivity index (χ4n) is 3.82. The molecule has 0 aliphatic carbocycles. The smallest absolute Gasteiger partial charge is 0.228 e. The molecule has 21 heavy (non-hydrogen) atoms. The predicted octanol–water partition coefficient (Wildman–Crippen LogP) is 2.47. The molecule has 2 bridgehead atoms. The molecule has 0 saturated carbocycles. The Morgan fingerprint density at radius 1 is 1.33 bits per heavy atom. The van der Waals surface area contributed by atoms with Crippen molar-refractivity contribution < 1.29 is 9.90 Å². The van der Waals surface area contributed by atoms with Crippen LogP contribution in [0.1, 0.15) is 52.0 Å². The first kappa shape index (κ1) is 14.5. The van der Waals surface area contributed by atoms with E-state index in [0.29, 0.717) is 12.8 Å². The van der Waals surface area contributed by atoms with Gasteiger partial charge in [0.2, 0.25) is 5.91 Å². The lowest BCUT2D eigenvalue weighted by atomic mass is 9.80. The van der Waals surface area contributed by atoms with Gasteiger partial charge in [0, 0.05) is 48.3 Å². The van der Waals surface area contributed by atoms with Gasteiger partial charge >= 0.3 is 0 Å². The van der Waals surface area contributed by atoms with Gasteiger partial charge in [-0.2, -0.15) is 0 Å².